The van der Waals surface area contributed by atoms with Gasteiger partial charge in [0.25, 0.3) is 5.91 Å². The topological polar surface area (TPSA) is 58.6 Å². The molecule has 0 saturated heterocycles. The van der Waals surface area contributed by atoms with E-state index in [1.54, 1.807) is 0 Å². The van der Waals surface area contributed by atoms with Gasteiger partial charge in [0.2, 0.25) is 0 Å². The smallest absolute Gasteiger partial charge is 0.257 e. The van der Waals surface area contributed by atoms with Crippen LogP contribution >= 0.6 is 0 Å². The summed E-state index contributed by atoms with van der Waals surface area (Å²) in [4.78, 5) is 11.5. The minimum absolute atomic E-state index is 0.142. The molecule has 0 aliphatic rings. The Labute approximate surface area is 112 Å². The molecular formula is C14H20FNO3. The molecule has 1 rings (SSSR count). The van der Waals surface area contributed by atoms with Gasteiger partial charge in [-0.05, 0) is 30.5 Å². The molecule has 0 aliphatic heterocycles. The summed E-state index contributed by atoms with van der Waals surface area (Å²) >= 11 is 0. The average Bonchev–Trinajstić information content (AvgIpc) is 2.36. The lowest BCUT2D eigenvalue weighted by Crippen LogP contribution is -2.30. The van der Waals surface area contributed by atoms with E-state index in [9.17, 15) is 9.18 Å². The first-order chi connectivity index (χ1) is 9.02. The molecular weight excluding hydrogens is 249 g/mol. The summed E-state index contributed by atoms with van der Waals surface area (Å²) < 4.78 is 18.2. The molecule has 0 atom stereocenters. The Kier molecular flexibility index (Phi) is 6.29. The third-order valence-electron chi connectivity index (χ3n) is 2.60. The maximum atomic E-state index is 12.9. The monoisotopic (exact) mass is 269 g/mol. The minimum atomic E-state index is -0.446. The molecule has 0 fully saturated rings. The summed E-state index contributed by atoms with van der Waals surface area (Å²) in [5.41, 5.74) is 0.329. The number of carbonyl (C=O) groups excluding carboxylic acids is 1. The number of benzene rings is 1. The number of ether oxygens (including phenoxy) is 1. The van der Waals surface area contributed by atoms with Gasteiger partial charge in [-0.2, -0.15) is 0 Å². The van der Waals surface area contributed by atoms with Crippen LogP contribution in [0.4, 0.5) is 4.39 Å². The highest BCUT2D eigenvalue weighted by molar-refractivity contribution is 5.77. The number of amides is 1. The first-order valence-electron chi connectivity index (χ1n) is 6.31. The summed E-state index contributed by atoms with van der Waals surface area (Å²) in [6.45, 7) is 4.29. The fraction of sp³-hybridized carbons (Fsp3) is 0.500. The fourth-order valence-corrected chi connectivity index (χ4v) is 1.51. The molecule has 2 N–H and O–H groups in total. The van der Waals surface area contributed by atoms with Crippen molar-refractivity contribution in [2.75, 3.05) is 13.2 Å². The molecule has 5 heteroatoms. The Balaban J connectivity index is 2.41. The number of aliphatic hydroxyl groups is 1. The molecule has 0 saturated carbocycles. The van der Waals surface area contributed by atoms with E-state index in [1.165, 1.54) is 18.2 Å². The van der Waals surface area contributed by atoms with Crippen LogP contribution in [0.25, 0.3) is 0 Å². The van der Waals surface area contributed by atoms with Crippen molar-refractivity contribution < 1.29 is 19.0 Å². The molecule has 0 aromatic heterocycles. The molecule has 19 heavy (non-hydrogen) atoms. The summed E-state index contributed by atoms with van der Waals surface area (Å²) in [5, 5.41) is 11.8. The number of carbonyl (C=O) groups is 1. The zero-order valence-electron chi connectivity index (χ0n) is 11.3. The van der Waals surface area contributed by atoms with Crippen molar-refractivity contribution >= 4 is 5.91 Å². The number of nitrogens with one attached hydrogen (secondary N) is 1. The molecule has 0 aliphatic carbocycles. The van der Waals surface area contributed by atoms with Gasteiger partial charge in [0.05, 0.1) is 6.61 Å². The Morgan fingerprint density at radius 2 is 2.21 bits per heavy atom. The summed E-state index contributed by atoms with van der Waals surface area (Å²) in [5.74, 6) is 0.175. The standard InChI is InChI=1S/C14H20FNO3/c1-10(2)5-6-16-14(18)9-19-13-4-3-12(15)7-11(13)8-17/h3-4,7,10,17H,5-6,8-9H2,1-2H3,(H,16,18). The summed E-state index contributed by atoms with van der Waals surface area (Å²) in [7, 11) is 0. The molecule has 106 valence electrons. The lowest BCUT2D eigenvalue weighted by Gasteiger charge is -2.11. The molecule has 0 radical (unpaired) electrons. The van der Waals surface area contributed by atoms with Gasteiger partial charge in [-0.1, -0.05) is 13.8 Å². The van der Waals surface area contributed by atoms with E-state index in [4.69, 9.17) is 9.84 Å². The van der Waals surface area contributed by atoms with Crippen LogP contribution in [0.3, 0.4) is 0 Å². The molecule has 0 spiro atoms. The van der Waals surface area contributed by atoms with Crippen LogP contribution in [0, 0.1) is 11.7 Å². The second kappa shape index (κ2) is 7.74. The number of halogens is 1. The van der Waals surface area contributed by atoms with Crippen LogP contribution in [0.2, 0.25) is 0 Å². The largest absolute Gasteiger partial charge is 0.483 e. The van der Waals surface area contributed by atoms with Crippen molar-refractivity contribution in [1.29, 1.82) is 0 Å². The lowest BCUT2D eigenvalue weighted by molar-refractivity contribution is -0.123. The van der Waals surface area contributed by atoms with Gasteiger partial charge < -0.3 is 15.2 Å². The van der Waals surface area contributed by atoms with Crippen LogP contribution in [0.15, 0.2) is 18.2 Å². The third-order valence-corrected chi connectivity index (χ3v) is 2.60. The minimum Gasteiger partial charge on any atom is -0.483 e. The van der Waals surface area contributed by atoms with Crippen molar-refractivity contribution in [3.05, 3.63) is 29.6 Å². The maximum absolute atomic E-state index is 12.9. The fourth-order valence-electron chi connectivity index (χ4n) is 1.51. The van der Waals surface area contributed by atoms with Crippen molar-refractivity contribution in [2.24, 2.45) is 5.92 Å². The molecule has 0 unspecified atom stereocenters. The average molecular weight is 269 g/mol. The van der Waals surface area contributed by atoms with Crippen LogP contribution in [0.5, 0.6) is 5.75 Å². The van der Waals surface area contributed by atoms with Gasteiger partial charge in [-0.15, -0.1) is 0 Å². The highest BCUT2D eigenvalue weighted by Gasteiger charge is 2.07. The Bertz CT molecular complexity index is 421. The number of aliphatic hydroxyl groups excluding tert-OH is 1. The molecule has 4 nitrogen and oxygen atoms in total. The van der Waals surface area contributed by atoms with E-state index in [0.29, 0.717) is 23.8 Å². The van der Waals surface area contributed by atoms with Gasteiger partial charge in [0, 0.05) is 12.1 Å². The van der Waals surface area contributed by atoms with Crippen molar-refractivity contribution in [2.45, 2.75) is 26.9 Å². The quantitative estimate of drug-likeness (QED) is 0.794. The SMILES string of the molecule is CC(C)CCNC(=O)COc1ccc(F)cc1CO. The number of hydrogen-bond donors (Lipinski definition) is 2. The zero-order chi connectivity index (χ0) is 14.3. The lowest BCUT2D eigenvalue weighted by atomic mass is 10.1. The van der Waals surface area contributed by atoms with E-state index in [0.717, 1.165) is 6.42 Å². The van der Waals surface area contributed by atoms with Gasteiger partial charge in [-0.3, -0.25) is 4.79 Å². The van der Waals surface area contributed by atoms with E-state index < -0.39 is 5.82 Å². The Hall–Kier alpha value is -1.62. The molecule has 0 heterocycles. The Morgan fingerprint density at radius 3 is 2.84 bits per heavy atom. The molecule has 0 bridgehead atoms. The van der Waals surface area contributed by atoms with Crippen LogP contribution in [-0.4, -0.2) is 24.2 Å². The van der Waals surface area contributed by atoms with Gasteiger partial charge in [0.1, 0.15) is 11.6 Å². The summed E-state index contributed by atoms with van der Waals surface area (Å²) in [6.07, 6.45) is 0.907. The third kappa shape index (κ3) is 5.70. The highest BCUT2D eigenvalue weighted by atomic mass is 19.1. The van der Waals surface area contributed by atoms with Crippen molar-refractivity contribution in [1.82, 2.24) is 5.32 Å². The van der Waals surface area contributed by atoms with E-state index in [-0.39, 0.29) is 19.1 Å². The predicted octanol–water partition coefficient (Wildman–Crippen LogP) is 1.86. The molecule has 1 amide bonds. The predicted molar refractivity (Wildman–Crippen MR) is 70.3 cm³/mol. The van der Waals surface area contributed by atoms with Crippen LogP contribution in [0.1, 0.15) is 25.8 Å². The van der Waals surface area contributed by atoms with Crippen LogP contribution in [-0.2, 0) is 11.4 Å². The zero-order valence-corrected chi connectivity index (χ0v) is 11.3. The second-order valence-corrected chi connectivity index (χ2v) is 4.73. The van der Waals surface area contributed by atoms with E-state index in [1.807, 2.05) is 0 Å². The molecule has 1 aromatic carbocycles. The van der Waals surface area contributed by atoms with Gasteiger partial charge >= 0.3 is 0 Å². The first-order valence-corrected chi connectivity index (χ1v) is 6.31. The normalized spacial score (nSPS) is 10.6. The van der Waals surface area contributed by atoms with Crippen molar-refractivity contribution in [3.63, 3.8) is 0 Å². The Morgan fingerprint density at radius 1 is 1.47 bits per heavy atom. The van der Waals surface area contributed by atoms with E-state index >= 15 is 0 Å². The number of rotatable bonds is 7. The maximum Gasteiger partial charge on any atom is 0.257 e. The summed E-state index contributed by atoms with van der Waals surface area (Å²) in [6, 6.07) is 3.82. The molecule has 1 aromatic rings. The highest BCUT2D eigenvalue weighted by Crippen LogP contribution is 2.19. The van der Waals surface area contributed by atoms with E-state index in [2.05, 4.69) is 19.2 Å². The van der Waals surface area contributed by atoms with Gasteiger partial charge in [-0.25, -0.2) is 4.39 Å². The van der Waals surface area contributed by atoms with Crippen molar-refractivity contribution in [3.8, 4) is 5.75 Å². The van der Waals surface area contributed by atoms with Gasteiger partial charge in [0.15, 0.2) is 6.61 Å². The van der Waals surface area contributed by atoms with Crippen LogP contribution < -0.4 is 10.1 Å². The number of hydrogen-bond acceptors (Lipinski definition) is 3. The second-order valence-electron chi connectivity index (χ2n) is 4.73. The first kappa shape index (κ1) is 15.4.